The number of hydrogen-bond acceptors (Lipinski definition) is 7. The quantitative estimate of drug-likeness (QED) is 0.577. The molecule has 1 aromatic heterocycles. The molecule has 1 amide bonds. The molecular formula is C21H22N4O5S. The number of amides is 1. The first-order valence-electron chi connectivity index (χ1n) is 9.88. The van der Waals surface area contributed by atoms with Crippen LogP contribution >= 0.6 is 0 Å². The summed E-state index contributed by atoms with van der Waals surface area (Å²) in [5, 5.41) is 7.48. The van der Waals surface area contributed by atoms with Gasteiger partial charge in [-0.3, -0.25) is 4.79 Å². The SMILES string of the molecule is CCOc1ccc(S(=O)(=O)N2CCN(C(=O)c3ccc(-c4nnco4)cc3)CC2)cc1. The first-order chi connectivity index (χ1) is 15.0. The van der Waals surface area contributed by atoms with Crippen LogP contribution in [0, 0.1) is 0 Å². The second-order valence-corrected chi connectivity index (χ2v) is 8.86. The molecule has 1 aliphatic rings. The Bertz CT molecular complexity index is 1120. The second kappa shape index (κ2) is 8.86. The third kappa shape index (κ3) is 4.44. The van der Waals surface area contributed by atoms with Crippen molar-refractivity contribution in [3.63, 3.8) is 0 Å². The van der Waals surface area contributed by atoms with Crippen molar-refractivity contribution in [3.05, 3.63) is 60.5 Å². The van der Waals surface area contributed by atoms with E-state index >= 15 is 0 Å². The minimum absolute atomic E-state index is 0.143. The van der Waals surface area contributed by atoms with Gasteiger partial charge in [-0.05, 0) is 55.5 Å². The van der Waals surface area contributed by atoms with Gasteiger partial charge in [0.1, 0.15) is 5.75 Å². The summed E-state index contributed by atoms with van der Waals surface area (Å²) in [6.07, 6.45) is 1.25. The number of rotatable bonds is 6. The minimum atomic E-state index is -3.62. The summed E-state index contributed by atoms with van der Waals surface area (Å²) in [4.78, 5) is 14.7. The zero-order valence-corrected chi connectivity index (χ0v) is 17.8. The van der Waals surface area contributed by atoms with Gasteiger partial charge in [0.05, 0.1) is 11.5 Å². The molecule has 0 atom stereocenters. The van der Waals surface area contributed by atoms with Crippen molar-refractivity contribution in [1.82, 2.24) is 19.4 Å². The van der Waals surface area contributed by atoms with Gasteiger partial charge in [0, 0.05) is 37.3 Å². The molecule has 0 saturated carbocycles. The Morgan fingerprint density at radius 2 is 1.71 bits per heavy atom. The summed E-state index contributed by atoms with van der Waals surface area (Å²) in [5.74, 6) is 0.865. The van der Waals surface area contributed by atoms with E-state index in [4.69, 9.17) is 9.15 Å². The van der Waals surface area contributed by atoms with Gasteiger partial charge in [-0.25, -0.2) is 8.42 Å². The van der Waals surface area contributed by atoms with Crippen LogP contribution in [0.1, 0.15) is 17.3 Å². The maximum Gasteiger partial charge on any atom is 0.253 e. The molecule has 31 heavy (non-hydrogen) atoms. The van der Waals surface area contributed by atoms with Crippen molar-refractivity contribution in [2.45, 2.75) is 11.8 Å². The molecule has 3 aromatic rings. The fraction of sp³-hybridized carbons (Fsp3) is 0.286. The fourth-order valence-electron chi connectivity index (χ4n) is 3.39. The second-order valence-electron chi connectivity index (χ2n) is 6.92. The smallest absolute Gasteiger partial charge is 0.253 e. The molecular weight excluding hydrogens is 420 g/mol. The lowest BCUT2D eigenvalue weighted by Crippen LogP contribution is -2.50. The van der Waals surface area contributed by atoms with E-state index in [1.54, 1.807) is 53.4 Å². The molecule has 0 spiro atoms. The molecule has 10 heteroatoms. The number of benzene rings is 2. The van der Waals surface area contributed by atoms with Crippen LogP contribution in [0.5, 0.6) is 5.75 Å². The van der Waals surface area contributed by atoms with Crippen molar-refractivity contribution >= 4 is 15.9 Å². The lowest BCUT2D eigenvalue weighted by Gasteiger charge is -2.34. The molecule has 9 nitrogen and oxygen atoms in total. The summed E-state index contributed by atoms with van der Waals surface area (Å²) in [6.45, 7) is 3.50. The van der Waals surface area contributed by atoms with E-state index in [9.17, 15) is 13.2 Å². The molecule has 2 heterocycles. The molecule has 0 unspecified atom stereocenters. The molecule has 0 radical (unpaired) electrons. The van der Waals surface area contributed by atoms with Gasteiger partial charge < -0.3 is 14.1 Å². The van der Waals surface area contributed by atoms with Crippen molar-refractivity contribution in [3.8, 4) is 17.2 Å². The van der Waals surface area contributed by atoms with E-state index in [1.165, 1.54) is 10.7 Å². The molecule has 0 aliphatic carbocycles. The largest absolute Gasteiger partial charge is 0.494 e. The number of sulfonamides is 1. The van der Waals surface area contributed by atoms with Gasteiger partial charge in [-0.2, -0.15) is 4.31 Å². The summed E-state index contributed by atoms with van der Waals surface area (Å²) in [7, 11) is -3.62. The molecule has 2 aromatic carbocycles. The molecule has 1 fully saturated rings. The Morgan fingerprint density at radius 3 is 2.29 bits per heavy atom. The number of carbonyl (C=O) groups excluding carboxylic acids is 1. The number of hydrogen-bond donors (Lipinski definition) is 0. The van der Waals surface area contributed by atoms with Gasteiger partial charge >= 0.3 is 0 Å². The van der Waals surface area contributed by atoms with Crippen LogP contribution in [0.15, 0.2) is 64.2 Å². The molecule has 1 saturated heterocycles. The normalized spacial score (nSPS) is 15.1. The lowest BCUT2D eigenvalue weighted by atomic mass is 10.1. The van der Waals surface area contributed by atoms with Crippen LogP contribution in [0.4, 0.5) is 0 Å². The van der Waals surface area contributed by atoms with Crippen LogP contribution in [0.2, 0.25) is 0 Å². The van der Waals surface area contributed by atoms with Gasteiger partial charge in [-0.1, -0.05) is 0 Å². The van der Waals surface area contributed by atoms with Crippen molar-refractivity contribution in [2.75, 3.05) is 32.8 Å². The summed E-state index contributed by atoms with van der Waals surface area (Å²) >= 11 is 0. The van der Waals surface area contributed by atoms with E-state index in [0.29, 0.717) is 36.9 Å². The zero-order valence-electron chi connectivity index (χ0n) is 17.0. The summed E-state index contributed by atoms with van der Waals surface area (Å²) in [6, 6.07) is 13.3. The van der Waals surface area contributed by atoms with Crippen molar-refractivity contribution < 1.29 is 22.4 Å². The van der Waals surface area contributed by atoms with Crippen LogP contribution in [-0.4, -0.2) is 66.5 Å². The average Bonchev–Trinajstić information content (AvgIpc) is 3.34. The van der Waals surface area contributed by atoms with Crippen LogP contribution < -0.4 is 4.74 Å². The fourth-order valence-corrected chi connectivity index (χ4v) is 4.81. The molecule has 162 valence electrons. The predicted molar refractivity (Wildman–Crippen MR) is 112 cm³/mol. The predicted octanol–water partition coefficient (Wildman–Crippen LogP) is 2.28. The highest BCUT2D eigenvalue weighted by Crippen LogP contribution is 2.22. The highest BCUT2D eigenvalue weighted by atomic mass is 32.2. The Balaban J connectivity index is 1.39. The van der Waals surface area contributed by atoms with E-state index in [1.807, 2.05) is 6.92 Å². The maximum atomic E-state index is 12.9. The van der Waals surface area contributed by atoms with E-state index in [0.717, 1.165) is 5.56 Å². The Labute approximate surface area is 180 Å². The Morgan fingerprint density at radius 1 is 1.03 bits per heavy atom. The monoisotopic (exact) mass is 442 g/mol. The first-order valence-corrected chi connectivity index (χ1v) is 11.3. The van der Waals surface area contributed by atoms with Gasteiger partial charge in [0.15, 0.2) is 0 Å². The zero-order chi connectivity index (χ0) is 21.8. The third-order valence-corrected chi connectivity index (χ3v) is 6.95. The lowest BCUT2D eigenvalue weighted by molar-refractivity contribution is 0.0698. The maximum absolute atomic E-state index is 12.9. The van der Waals surface area contributed by atoms with E-state index < -0.39 is 10.0 Å². The van der Waals surface area contributed by atoms with Crippen molar-refractivity contribution in [1.29, 1.82) is 0 Å². The van der Waals surface area contributed by atoms with E-state index in [-0.39, 0.29) is 23.9 Å². The number of aromatic nitrogens is 2. The molecule has 0 bridgehead atoms. The van der Waals surface area contributed by atoms with Gasteiger partial charge in [0.2, 0.25) is 22.3 Å². The van der Waals surface area contributed by atoms with Crippen LogP contribution in [-0.2, 0) is 10.0 Å². The van der Waals surface area contributed by atoms with Gasteiger partial charge in [-0.15, -0.1) is 10.2 Å². The minimum Gasteiger partial charge on any atom is -0.494 e. The van der Waals surface area contributed by atoms with Gasteiger partial charge in [0.25, 0.3) is 5.91 Å². The number of carbonyl (C=O) groups is 1. The third-order valence-electron chi connectivity index (χ3n) is 5.04. The standard InChI is InChI=1S/C21H22N4O5S/c1-2-29-18-7-9-19(10-8-18)31(27,28)25-13-11-24(12-14-25)21(26)17-5-3-16(4-6-17)20-23-22-15-30-20/h3-10,15H,2,11-14H2,1H3. The Kier molecular flexibility index (Phi) is 6.01. The summed E-state index contributed by atoms with van der Waals surface area (Å²) < 4.78 is 37.8. The topological polar surface area (TPSA) is 106 Å². The molecule has 0 N–H and O–H groups in total. The summed E-state index contributed by atoms with van der Waals surface area (Å²) in [5.41, 5.74) is 1.24. The van der Waals surface area contributed by atoms with Crippen LogP contribution in [0.25, 0.3) is 11.5 Å². The number of nitrogens with zero attached hydrogens (tertiary/aromatic N) is 4. The highest BCUT2D eigenvalue weighted by Gasteiger charge is 2.30. The average molecular weight is 442 g/mol. The van der Waals surface area contributed by atoms with Crippen molar-refractivity contribution in [2.24, 2.45) is 0 Å². The number of ether oxygens (including phenoxy) is 1. The molecule has 1 aliphatic heterocycles. The number of piperazine rings is 1. The van der Waals surface area contributed by atoms with E-state index in [2.05, 4.69) is 10.2 Å². The van der Waals surface area contributed by atoms with Crippen LogP contribution in [0.3, 0.4) is 0 Å². The first kappa shape index (κ1) is 21.0. The Hall–Kier alpha value is -3.24. The molecule has 4 rings (SSSR count). The highest BCUT2D eigenvalue weighted by molar-refractivity contribution is 7.89.